The molecule has 0 aromatic rings. The standard InChI is InChI=1S/C8H13NO4S/c1-3-8(4-2)7(10)9-5-6(13-5)14(8,11)12/h5-6H,3-4H2,1-2H3,(H,9,10)/t5-,6-/m0/s1. The molecule has 2 heterocycles. The van der Waals surface area contributed by atoms with Crippen LogP contribution in [0.2, 0.25) is 0 Å². The summed E-state index contributed by atoms with van der Waals surface area (Å²) in [5, 5.41) is 2.56. The number of sulfone groups is 1. The van der Waals surface area contributed by atoms with Crippen LogP contribution >= 0.6 is 0 Å². The van der Waals surface area contributed by atoms with Crippen molar-refractivity contribution in [2.24, 2.45) is 0 Å². The fourth-order valence-corrected chi connectivity index (χ4v) is 4.25. The second kappa shape index (κ2) is 2.70. The molecule has 0 unspecified atom stereocenters. The normalized spacial score (nSPS) is 37.1. The molecule has 2 aliphatic rings. The summed E-state index contributed by atoms with van der Waals surface area (Å²) >= 11 is 0. The zero-order valence-corrected chi connectivity index (χ0v) is 8.93. The maximum atomic E-state index is 12.0. The summed E-state index contributed by atoms with van der Waals surface area (Å²) in [5.41, 5.74) is -0.805. The highest BCUT2D eigenvalue weighted by Crippen LogP contribution is 2.42. The predicted molar refractivity (Wildman–Crippen MR) is 49.0 cm³/mol. The molecule has 14 heavy (non-hydrogen) atoms. The van der Waals surface area contributed by atoms with Crippen LogP contribution in [0.5, 0.6) is 0 Å². The topological polar surface area (TPSA) is 75.8 Å². The van der Waals surface area contributed by atoms with Gasteiger partial charge in [-0.25, -0.2) is 8.42 Å². The molecule has 1 N–H and O–H groups in total. The maximum absolute atomic E-state index is 12.0. The van der Waals surface area contributed by atoms with E-state index in [9.17, 15) is 13.2 Å². The van der Waals surface area contributed by atoms with Crippen LogP contribution in [0.25, 0.3) is 0 Å². The number of epoxide rings is 1. The third kappa shape index (κ3) is 0.926. The van der Waals surface area contributed by atoms with E-state index in [-0.39, 0.29) is 0 Å². The lowest BCUT2D eigenvalue weighted by molar-refractivity contribution is -0.124. The summed E-state index contributed by atoms with van der Waals surface area (Å²) in [6.07, 6.45) is -0.00664. The van der Waals surface area contributed by atoms with Gasteiger partial charge in [0.15, 0.2) is 20.8 Å². The van der Waals surface area contributed by atoms with Crippen molar-refractivity contribution in [2.45, 2.75) is 43.1 Å². The van der Waals surface area contributed by atoms with E-state index >= 15 is 0 Å². The first-order chi connectivity index (χ1) is 6.49. The van der Waals surface area contributed by atoms with Crippen molar-refractivity contribution in [1.82, 2.24) is 5.32 Å². The van der Waals surface area contributed by atoms with Crippen LogP contribution in [0.3, 0.4) is 0 Å². The minimum absolute atomic E-state index is 0.296. The summed E-state index contributed by atoms with van der Waals surface area (Å²) in [7, 11) is -3.47. The van der Waals surface area contributed by atoms with E-state index in [1.54, 1.807) is 13.8 Å². The van der Waals surface area contributed by atoms with E-state index in [4.69, 9.17) is 4.74 Å². The number of hydrogen-bond acceptors (Lipinski definition) is 4. The Kier molecular flexibility index (Phi) is 1.91. The van der Waals surface area contributed by atoms with Crippen molar-refractivity contribution in [3.05, 3.63) is 0 Å². The molecule has 6 heteroatoms. The third-order valence-electron chi connectivity index (χ3n) is 3.13. The second-order valence-corrected chi connectivity index (χ2v) is 5.98. The van der Waals surface area contributed by atoms with Gasteiger partial charge in [0.05, 0.1) is 0 Å². The summed E-state index contributed by atoms with van der Waals surface area (Å²) in [6.45, 7) is 3.42. The number of rotatable bonds is 2. The van der Waals surface area contributed by atoms with Gasteiger partial charge in [0.2, 0.25) is 11.3 Å². The summed E-state index contributed by atoms with van der Waals surface area (Å²) < 4.78 is 27.6. The predicted octanol–water partition coefficient (Wildman–Crippen LogP) is -0.228. The number of amides is 1. The average Bonchev–Trinajstić information content (AvgIpc) is 2.86. The Balaban J connectivity index is 2.50. The van der Waals surface area contributed by atoms with E-state index in [1.807, 2.05) is 0 Å². The molecule has 2 saturated heterocycles. The molecule has 2 rings (SSSR count). The lowest BCUT2D eigenvalue weighted by Crippen LogP contribution is -2.58. The molecular formula is C8H13NO4S. The van der Waals surface area contributed by atoms with Crippen LogP contribution in [0.15, 0.2) is 0 Å². The fourth-order valence-electron chi connectivity index (χ4n) is 2.02. The molecule has 0 aromatic carbocycles. The number of fused-ring (bicyclic) bond motifs is 1. The molecule has 0 saturated carbocycles. The Bertz CT molecular complexity index is 371. The lowest BCUT2D eigenvalue weighted by atomic mass is 10.0. The average molecular weight is 219 g/mol. The van der Waals surface area contributed by atoms with Crippen LogP contribution in [0.1, 0.15) is 26.7 Å². The number of hydrogen-bond donors (Lipinski definition) is 1. The van der Waals surface area contributed by atoms with Crippen molar-refractivity contribution in [1.29, 1.82) is 0 Å². The number of ether oxygens (including phenoxy) is 1. The quantitative estimate of drug-likeness (QED) is 0.651. The second-order valence-electron chi connectivity index (χ2n) is 3.64. The first kappa shape index (κ1) is 9.92. The molecular weight excluding hydrogens is 206 g/mol. The molecule has 2 fully saturated rings. The Morgan fingerprint density at radius 3 is 2.50 bits per heavy atom. The molecule has 0 radical (unpaired) electrons. The highest BCUT2D eigenvalue weighted by molar-refractivity contribution is 7.94. The van der Waals surface area contributed by atoms with E-state index in [2.05, 4.69) is 5.32 Å². The van der Waals surface area contributed by atoms with Crippen molar-refractivity contribution in [2.75, 3.05) is 0 Å². The molecule has 5 nitrogen and oxygen atoms in total. The monoisotopic (exact) mass is 219 g/mol. The molecule has 0 aliphatic carbocycles. The van der Waals surface area contributed by atoms with Gasteiger partial charge in [-0.15, -0.1) is 0 Å². The van der Waals surface area contributed by atoms with Crippen LogP contribution in [-0.2, 0) is 19.4 Å². The van der Waals surface area contributed by atoms with Gasteiger partial charge >= 0.3 is 0 Å². The van der Waals surface area contributed by atoms with Crippen molar-refractivity contribution in [3.8, 4) is 0 Å². The Hall–Kier alpha value is -0.620. The fraction of sp³-hybridized carbons (Fsp3) is 0.875. The minimum Gasteiger partial charge on any atom is -0.331 e. The van der Waals surface area contributed by atoms with Gasteiger partial charge in [0.1, 0.15) is 0 Å². The number of carbonyl (C=O) groups excluding carboxylic acids is 1. The highest BCUT2D eigenvalue weighted by atomic mass is 32.2. The number of carbonyl (C=O) groups is 1. The van der Waals surface area contributed by atoms with Crippen LogP contribution in [-0.4, -0.2) is 30.7 Å². The SMILES string of the molecule is CCC1(CC)C(=O)N[C@H]2O[C@H]2S1(=O)=O. The van der Waals surface area contributed by atoms with Gasteiger partial charge < -0.3 is 10.1 Å². The van der Waals surface area contributed by atoms with Crippen LogP contribution in [0, 0.1) is 0 Å². The molecule has 80 valence electrons. The van der Waals surface area contributed by atoms with Crippen molar-refractivity contribution < 1.29 is 17.9 Å². The van der Waals surface area contributed by atoms with Gasteiger partial charge in [0.25, 0.3) is 0 Å². The highest BCUT2D eigenvalue weighted by Gasteiger charge is 2.66. The Morgan fingerprint density at radius 2 is 2.00 bits per heavy atom. The first-order valence-electron chi connectivity index (χ1n) is 4.69. The van der Waals surface area contributed by atoms with Crippen LogP contribution < -0.4 is 5.32 Å². The largest absolute Gasteiger partial charge is 0.331 e. The van der Waals surface area contributed by atoms with Gasteiger partial charge in [-0.3, -0.25) is 4.79 Å². The summed E-state index contributed by atoms with van der Waals surface area (Å²) in [5.74, 6) is -0.416. The number of nitrogens with one attached hydrogen (secondary N) is 1. The molecule has 1 amide bonds. The first-order valence-corrected chi connectivity index (χ1v) is 6.24. The smallest absolute Gasteiger partial charge is 0.243 e. The van der Waals surface area contributed by atoms with E-state index < -0.39 is 32.2 Å². The summed E-state index contributed by atoms with van der Waals surface area (Å²) in [4.78, 5) is 11.7. The summed E-state index contributed by atoms with van der Waals surface area (Å²) in [6, 6.07) is 0. The van der Waals surface area contributed by atoms with Crippen molar-refractivity contribution >= 4 is 15.7 Å². The van der Waals surface area contributed by atoms with Gasteiger partial charge in [-0.1, -0.05) is 13.8 Å². The van der Waals surface area contributed by atoms with Crippen LogP contribution in [0.4, 0.5) is 0 Å². The zero-order valence-electron chi connectivity index (χ0n) is 8.11. The molecule has 2 atom stereocenters. The zero-order chi connectivity index (χ0) is 10.6. The van der Waals surface area contributed by atoms with Gasteiger partial charge in [-0.05, 0) is 12.8 Å². The van der Waals surface area contributed by atoms with Crippen molar-refractivity contribution in [3.63, 3.8) is 0 Å². The third-order valence-corrected chi connectivity index (χ3v) is 5.95. The molecule has 0 spiro atoms. The Morgan fingerprint density at radius 1 is 1.43 bits per heavy atom. The molecule has 2 aliphatic heterocycles. The Labute approximate surface area is 82.7 Å². The van der Waals surface area contributed by atoms with E-state index in [0.717, 1.165) is 0 Å². The molecule has 0 aromatic heterocycles. The lowest BCUT2D eigenvalue weighted by Gasteiger charge is -2.31. The van der Waals surface area contributed by atoms with Gasteiger partial charge in [0, 0.05) is 0 Å². The van der Waals surface area contributed by atoms with Gasteiger partial charge in [-0.2, -0.15) is 0 Å². The molecule has 0 bridgehead atoms. The maximum Gasteiger partial charge on any atom is 0.243 e. The minimum atomic E-state index is -3.47. The van der Waals surface area contributed by atoms with E-state index in [1.165, 1.54) is 0 Å². The van der Waals surface area contributed by atoms with E-state index in [0.29, 0.717) is 12.8 Å².